The van der Waals surface area contributed by atoms with Crippen molar-refractivity contribution in [3.63, 3.8) is 0 Å². The molecule has 4 aromatic rings. The van der Waals surface area contributed by atoms with Gasteiger partial charge < -0.3 is 14.2 Å². The molecule has 0 fully saturated rings. The average molecular weight is 358 g/mol. The highest BCUT2D eigenvalue weighted by Gasteiger charge is 2.10. The molecule has 5 nitrogen and oxygen atoms in total. The summed E-state index contributed by atoms with van der Waals surface area (Å²) in [5.74, 6) is 0.958. The number of benzene rings is 2. The van der Waals surface area contributed by atoms with E-state index in [4.69, 9.17) is 8.83 Å². The molecular weight excluding hydrogens is 340 g/mol. The lowest BCUT2D eigenvalue weighted by atomic mass is 10.1. The summed E-state index contributed by atoms with van der Waals surface area (Å²) in [7, 11) is 0. The smallest absolute Gasteiger partial charge is 0.248 e. The minimum atomic E-state index is -0.230. The number of oxazole rings is 1. The fourth-order valence-electron chi connectivity index (χ4n) is 2.73. The molecule has 5 heteroatoms. The van der Waals surface area contributed by atoms with Crippen LogP contribution < -0.4 is 5.32 Å². The van der Waals surface area contributed by atoms with E-state index in [9.17, 15) is 4.79 Å². The summed E-state index contributed by atoms with van der Waals surface area (Å²) in [6.45, 7) is 4.11. The van der Waals surface area contributed by atoms with Crippen LogP contribution in [0.1, 0.15) is 16.9 Å². The first-order valence-electron chi connectivity index (χ1n) is 8.59. The Bertz CT molecular complexity index is 1080. The van der Waals surface area contributed by atoms with Gasteiger partial charge in [-0.2, -0.15) is 0 Å². The Morgan fingerprint density at radius 3 is 2.59 bits per heavy atom. The quantitative estimate of drug-likeness (QED) is 0.499. The zero-order valence-electron chi connectivity index (χ0n) is 15.0. The maximum Gasteiger partial charge on any atom is 0.248 e. The number of hydrogen-bond donors (Lipinski definition) is 1. The van der Waals surface area contributed by atoms with Crippen molar-refractivity contribution in [2.75, 3.05) is 5.32 Å². The number of nitrogens with zero attached hydrogens (tertiary/aromatic N) is 1. The van der Waals surface area contributed by atoms with Gasteiger partial charge in [-0.15, -0.1) is 0 Å². The fourth-order valence-corrected chi connectivity index (χ4v) is 2.73. The fraction of sp³-hybridized carbons (Fsp3) is 0.0909. The molecule has 0 aliphatic carbocycles. The van der Waals surface area contributed by atoms with Gasteiger partial charge in [0.15, 0.2) is 5.58 Å². The third-order valence-electron chi connectivity index (χ3n) is 4.35. The molecule has 2 aromatic carbocycles. The van der Waals surface area contributed by atoms with Gasteiger partial charge in [0.25, 0.3) is 0 Å². The van der Waals surface area contributed by atoms with Crippen molar-refractivity contribution in [3.8, 4) is 11.5 Å². The third kappa shape index (κ3) is 3.67. The van der Waals surface area contributed by atoms with Crippen LogP contribution in [-0.4, -0.2) is 10.9 Å². The van der Waals surface area contributed by atoms with Crippen LogP contribution in [0.3, 0.4) is 0 Å². The number of furan rings is 1. The van der Waals surface area contributed by atoms with Gasteiger partial charge in [-0.1, -0.05) is 0 Å². The molecule has 1 N–H and O–H groups in total. The van der Waals surface area contributed by atoms with Crippen molar-refractivity contribution in [1.29, 1.82) is 0 Å². The summed E-state index contributed by atoms with van der Waals surface area (Å²) in [6.07, 6.45) is 4.61. The monoisotopic (exact) mass is 358 g/mol. The number of anilines is 1. The molecule has 0 aliphatic rings. The predicted molar refractivity (Wildman–Crippen MR) is 105 cm³/mol. The van der Waals surface area contributed by atoms with Crippen molar-refractivity contribution in [2.24, 2.45) is 0 Å². The van der Waals surface area contributed by atoms with Crippen molar-refractivity contribution in [2.45, 2.75) is 13.8 Å². The van der Waals surface area contributed by atoms with Crippen LogP contribution in [0.4, 0.5) is 5.69 Å². The normalized spacial score (nSPS) is 11.3. The SMILES string of the molecule is Cc1cc2nc(-c3ccc(NC(=O)C=Cc4ccco4)cc3)oc2cc1C. The summed E-state index contributed by atoms with van der Waals surface area (Å²) in [5.41, 5.74) is 5.51. The first-order valence-corrected chi connectivity index (χ1v) is 8.59. The molecule has 4 rings (SSSR count). The molecule has 0 atom stereocenters. The molecule has 134 valence electrons. The Labute approximate surface area is 156 Å². The molecular formula is C22H18N2O3. The zero-order chi connectivity index (χ0) is 18.8. The number of aryl methyl sites for hydroxylation is 2. The van der Waals surface area contributed by atoms with E-state index in [2.05, 4.69) is 24.1 Å². The molecule has 0 bridgehead atoms. The molecule has 2 heterocycles. The minimum absolute atomic E-state index is 0.230. The second kappa shape index (κ2) is 6.96. The molecule has 27 heavy (non-hydrogen) atoms. The van der Waals surface area contributed by atoms with Crippen molar-refractivity contribution >= 4 is 28.8 Å². The zero-order valence-corrected chi connectivity index (χ0v) is 15.0. The number of fused-ring (bicyclic) bond motifs is 1. The van der Waals surface area contributed by atoms with Crippen LogP contribution in [-0.2, 0) is 4.79 Å². The highest BCUT2D eigenvalue weighted by molar-refractivity contribution is 6.01. The second-order valence-electron chi connectivity index (χ2n) is 6.34. The van der Waals surface area contributed by atoms with Gasteiger partial charge in [0.05, 0.1) is 6.26 Å². The molecule has 0 saturated carbocycles. The topological polar surface area (TPSA) is 68.3 Å². The van der Waals surface area contributed by atoms with E-state index in [-0.39, 0.29) is 5.91 Å². The van der Waals surface area contributed by atoms with E-state index in [1.165, 1.54) is 17.2 Å². The van der Waals surface area contributed by atoms with E-state index in [1.807, 2.05) is 36.4 Å². The number of aromatic nitrogens is 1. The van der Waals surface area contributed by atoms with Gasteiger partial charge in [-0.25, -0.2) is 4.98 Å². The average Bonchev–Trinajstić information content (AvgIpc) is 3.31. The predicted octanol–water partition coefficient (Wildman–Crippen LogP) is 5.36. The van der Waals surface area contributed by atoms with Gasteiger partial charge in [0.2, 0.25) is 11.8 Å². The van der Waals surface area contributed by atoms with Gasteiger partial charge in [-0.05, 0) is 79.6 Å². The molecule has 2 aromatic heterocycles. The van der Waals surface area contributed by atoms with Crippen LogP contribution in [0.25, 0.3) is 28.6 Å². The van der Waals surface area contributed by atoms with E-state index in [1.54, 1.807) is 24.5 Å². The van der Waals surface area contributed by atoms with E-state index in [0.29, 0.717) is 17.3 Å². The van der Waals surface area contributed by atoms with Crippen LogP contribution in [0.15, 0.2) is 69.7 Å². The Morgan fingerprint density at radius 1 is 1.07 bits per heavy atom. The van der Waals surface area contributed by atoms with Crippen LogP contribution in [0.2, 0.25) is 0 Å². The van der Waals surface area contributed by atoms with E-state index >= 15 is 0 Å². The first-order chi connectivity index (χ1) is 13.1. The van der Waals surface area contributed by atoms with Crippen molar-refractivity contribution in [1.82, 2.24) is 4.98 Å². The number of carbonyl (C=O) groups excluding carboxylic acids is 1. The third-order valence-corrected chi connectivity index (χ3v) is 4.35. The standard InChI is InChI=1S/C22H18N2O3/c1-14-12-19-20(13-15(14)2)27-22(24-19)16-5-7-17(8-6-16)23-21(25)10-9-18-4-3-11-26-18/h3-13H,1-2H3,(H,23,25). The lowest BCUT2D eigenvalue weighted by Crippen LogP contribution is -2.07. The van der Waals surface area contributed by atoms with Crippen molar-refractivity contribution in [3.05, 3.63) is 77.8 Å². The summed E-state index contributed by atoms with van der Waals surface area (Å²) in [6, 6.07) is 15.0. The van der Waals surface area contributed by atoms with Gasteiger partial charge in [0, 0.05) is 17.3 Å². The summed E-state index contributed by atoms with van der Waals surface area (Å²) in [5, 5.41) is 2.81. The molecule has 0 spiro atoms. The number of nitrogens with one attached hydrogen (secondary N) is 1. The number of hydrogen-bond acceptors (Lipinski definition) is 4. The van der Waals surface area contributed by atoms with Crippen LogP contribution in [0, 0.1) is 13.8 Å². The Hall–Kier alpha value is -3.60. The lowest BCUT2D eigenvalue weighted by Gasteiger charge is -2.02. The summed E-state index contributed by atoms with van der Waals surface area (Å²) in [4.78, 5) is 16.5. The highest BCUT2D eigenvalue weighted by atomic mass is 16.3. The molecule has 0 aliphatic heterocycles. The highest BCUT2D eigenvalue weighted by Crippen LogP contribution is 2.27. The molecule has 0 radical (unpaired) electrons. The summed E-state index contributed by atoms with van der Waals surface area (Å²) >= 11 is 0. The number of amides is 1. The maximum atomic E-state index is 12.0. The molecule has 0 unspecified atom stereocenters. The molecule has 0 saturated heterocycles. The van der Waals surface area contributed by atoms with E-state index < -0.39 is 0 Å². The van der Waals surface area contributed by atoms with Gasteiger partial charge >= 0.3 is 0 Å². The van der Waals surface area contributed by atoms with Crippen LogP contribution in [0.5, 0.6) is 0 Å². The largest absolute Gasteiger partial charge is 0.465 e. The number of rotatable bonds is 4. The van der Waals surface area contributed by atoms with E-state index in [0.717, 1.165) is 16.7 Å². The van der Waals surface area contributed by atoms with Crippen LogP contribution >= 0.6 is 0 Å². The number of carbonyl (C=O) groups is 1. The van der Waals surface area contributed by atoms with Gasteiger partial charge in [0.1, 0.15) is 11.3 Å². The maximum absolute atomic E-state index is 12.0. The van der Waals surface area contributed by atoms with Gasteiger partial charge in [-0.3, -0.25) is 4.79 Å². The van der Waals surface area contributed by atoms with Crippen molar-refractivity contribution < 1.29 is 13.6 Å². The lowest BCUT2D eigenvalue weighted by molar-refractivity contribution is -0.111. The Kier molecular flexibility index (Phi) is 4.34. The second-order valence-corrected chi connectivity index (χ2v) is 6.34. The first kappa shape index (κ1) is 16.8. The Balaban J connectivity index is 1.49. The minimum Gasteiger partial charge on any atom is -0.465 e. The Morgan fingerprint density at radius 2 is 1.85 bits per heavy atom. The summed E-state index contributed by atoms with van der Waals surface area (Å²) < 4.78 is 11.0. The molecule has 1 amide bonds.